The first-order valence-corrected chi connectivity index (χ1v) is 14.2. The van der Waals surface area contributed by atoms with Crippen molar-refractivity contribution in [2.75, 3.05) is 27.5 Å². The summed E-state index contributed by atoms with van der Waals surface area (Å²) in [4.78, 5) is 28.9. The monoisotopic (exact) mass is 538 g/mol. The van der Waals surface area contributed by atoms with Gasteiger partial charge in [-0.2, -0.15) is 0 Å². The number of nitrogens with zero attached hydrogens (tertiary/aromatic N) is 1. The Bertz CT molecular complexity index is 1070. The van der Waals surface area contributed by atoms with E-state index in [4.69, 9.17) is 14.2 Å². The van der Waals surface area contributed by atoms with Gasteiger partial charge in [-0.3, -0.25) is 4.79 Å². The van der Waals surface area contributed by atoms with Gasteiger partial charge in [-0.1, -0.05) is 62.6 Å². The molecular formula is C32H46N2O5. The summed E-state index contributed by atoms with van der Waals surface area (Å²) in [5.74, 6) is 0.454. The first-order valence-electron chi connectivity index (χ1n) is 14.2. The van der Waals surface area contributed by atoms with Gasteiger partial charge < -0.3 is 24.1 Å². The number of benzene rings is 1. The molecule has 214 valence electrons. The third-order valence-corrected chi connectivity index (χ3v) is 6.44. The lowest BCUT2D eigenvalue weighted by atomic mass is 10.1. The Kier molecular flexibility index (Phi) is 15.9. The number of esters is 1. The highest BCUT2D eigenvalue weighted by Gasteiger charge is 2.13. The van der Waals surface area contributed by atoms with Crippen LogP contribution < -0.4 is 4.74 Å². The molecule has 0 radical (unpaired) electrons. The maximum Gasteiger partial charge on any atom is 0.412 e. The number of aromatic amines is 1. The Morgan fingerprint density at radius 1 is 0.923 bits per heavy atom. The summed E-state index contributed by atoms with van der Waals surface area (Å²) in [6.45, 7) is 2.26. The summed E-state index contributed by atoms with van der Waals surface area (Å²) in [7, 11) is 3.31. The number of allylic oxidation sites excluding steroid dienone is 6. The van der Waals surface area contributed by atoms with Gasteiger partial charge in [-0.15, -0.1) is 0 Å². The van der Waals surface area contributed by atoms with Crippen molar-refractivity contribution in [2.24, 2.45) is 0 Å². The van der Waals surface area contributed by atoms with Gasteiger partial charge >= 0.3 is 12.1 Å². The molecule has 0 unspecified atom stereocenters. The van der Waals surface area contributed by atoms with E-state index in [1.54, 1.807) is 14.2 Å². The number of rotatable bonds is 19. The van der Waals surface area contributed by atoms with Gasteiger partial charge in [0.15, 0.2) is 0 Å². The van der Waals surface area contributed by atoms with E-state index < -0.39 is 6.09 Å². The number of hydrogen-bond acceptors (Lipinski definition) is 5. The molecule has 2 aromatic rings. The van der Waals surface area contributed by atoms with Crippen molar-refractivity contribution >= 4 is 23.0 Å². The van der Waals surface area contributed by atoms with Crippen LogP contribution in [0, 0.1) is 0 Å². The Morgan fingerprint density at radius 2 is 1.64 bits per heavy atom. The van der Waals surface area contributed by atoms with E-state index in [0.29, 0.717) is 19.4 Å². The normalized spacial score (nSPS) is 11.7. The van der Waals surface area contributed by atoms with Crippen molar-refractivity contribution in [2.45, 2.75) is 77.6 Å². The summed E-state index contributed by atoms with van der Waals surface area (Å²) >= 11 is 0. The molecule has 1 aromatic carbocycles. The number of amides is 1. The Labute approximate surface area is 233 Å². The average molecular weight is 539 g/mol. The molecule has 0 spiro atoms. The van der Waals surface area contributed by atoms with Gasteiger partial charge in [0.2, 0.25) is 6.79 Å². The second kappa shape index (κ2) is 19.6. The molecule has 0 atom stereocenters. The van der Waals surface area contributed by atoms with Crippen LogP contribution in [0.2, 0.25) is 0 Å². The topological polar surface area (TPSA) is 80.9 Å². The number of ether oxygens (including phenoxy) is 3. The predicted octanol–water partition coefficient (Wildman–Crippen LogP) is 7.88. The molecule has 1 aromatic heterocycles. The molecule has 1 N–H and O–H groups in total. The number of hydrogen-bond donors (Lipinski definition) is 1. The average Bonchev–Trinajstić information content (AvgIpc) is 3.35. The van der Waals surface area contributed by atoms with E-state index in [1.807, 2.05) is 24.4 Å². The summed E-state index contributed by atoms with van der Waals surface area (Å²) in [5.41, 5.74) is 2.11. The highest BCUT2D eigenvalue weighted by atomic mass is 16.7. The lowest BCUT2D eigenvalue weighted by molar-refractivity contribution is -0.152. The first kappa shape index (κ1) is 31.7. The van der Waals surface area contributed by atoms with Crippen LogP contribution in [-0.2, 0) is 20.7 Å². The van der Waals surface area contributed by atoms with E-state index >= 15 is 0 Å². The molecule has 0 aliphatic heterocycles. The van der Waals surface area contributed by atoms with Crippen LogP contribution in [0.3, 0.4) is 0 Å². The molecule has 39 heavy (non-hydrogen) atoms. The highest BCUT2D eigenvalue weighted by molar-refractivity contribution is 5.84. The minimum Gasteiger partial charge on any atom is -0.497 e. The molecule has 0 aliphatic rings. The second-order valence-electron chi connectivity index (χ2n) is 9.54. The zero-order valence-corrected chi connectivity index (χ0v) is 24.0. The number of nitrogens with one attached hydrogen (secondary N) is 1. The minimum atomic E-state index is -0.519. The van der Waals surface area contributed by atoms with Crippen molar-refractivity contribution < 1.29 is 23.8 Å². The third kappa shape index (κ3) is 13.2. The fourth-order valence-corrected chi connectivity index (χ4v) is 4.09. The van der Waals surface area contributed by atoms with Crippen LogP contribution in [-0.4, -0.2) is 49.4 Å². The van der Waals surface area contributed by atoms with Crippen molar-refractivity contribution in [3.05, 3.63) is 66.4 Å². The number of unbranched alkanes of at least 4 members (excludes halogenated alkanes) is 5. The van der Waals surface area contributed by atoms with E-state index in [2.05, 4.69) is 48.4 Å². The molecule has 0 saturated carbocycles. The van der Waals surface area contributed by atoms with E-state index in [0.717, 1.165) is 73.6 Å². The fourth-order valence-electron chi connectivity index (χ4n) is 4.09. The van der Waals surface area contributed by atoms with Gasteiger partial charge in [0.25, 0.3) is 0 Å². The second-order valence-corrected chi connectivity index (χ2v) is 9.54. The number of carbonyl (C=O) groups excluding carboxylic acids is 2. The van der Waals surface area contributed by atoms with Crippen LogP contribution in [0.1, 0.15) is 76.7 Å². The van der Waals surface area contributed by atoms with Gasteiger partial charge in [0, 0.05) is 37.1 Å². The fraction of sp³-hybridized carbons (Fsp3) is 0.500. The molecule has 1 amide bonds. The zero-order valence-electron chi connectivity index (χ0n) is 24.0. The quantitative estimate of drug-likeness (QED) is 0.0851. The van der Waals surface area contributed by atoms with Crippen molar-refractivity contribution in [3.63, 3.8) is 0 Å². The van der Waals surface area contributed by atoms with Gasteiger partial charge in [0.1, 0.15) is 5.75 Å². The number of H-pyrrole nitrogens is 1. The van der Waals surface area contributed by atoms with Crippen LogP contribution in [0.15, 0.2) is 60.9 Å². The summed E-state index contributed by atoms with van der Waals surface area (Å²) in [6, 6.07) is 5.85. The summed E-state index contributed by atoms with van der Waals surface area (Å²) < 4.78 is 15.5. The van der Waals surface area contributed by atoms with Gasteiger partial charge in [0.05, 0.1) is 7.11 Å². The van der Waals surface area contributed by atoms with Gasteiger partial charge in [-0.25, -0.2) is 4.79 Å². The SMILES string of the molecule is CC/C=C\C/C=C\C/C=C\CCCCCCCC(=O)OCOC(=O)N(C)CCc1c[nH]c2ccc(OC)cc12. The van der Waals surface area contributed by atoms with Crippen LogP contribution in [0.25, 0.3) is 10.9 Å². The summed E-state index contributed by atoms with van der Waals surface area (Å²) in [6.07, 6.45) is 25.1. The zero-order chi connectivity index (χ0) is 28.1. The number of carbonyl (C=O) groups is 2. The van der Waals surface area contributed by atoms with Crippen LogP contribution in [0.5, 0.6) is 5.75 Å². The molecule has 0 fully saturated rings. The van der Waals surface area contributed by atoms with Crippen molar-refractivity contribution in [1.29, 1.82) is 0 Å². The maximum atomic E-state index is 12.2. The molecule has 7 heteroatoms. The predicted molar refractivity (Wildman–Crippen MR) is 158 cm³/mol. The largest absolute Gasteiger partial charge is 0.497 e. The Hall–Kier alpha value is -3.48. The van der Waals surface area contributed by atoms with E-state index in [-0.39, 0.29) is 12.8 Å². The maximum absolute atomic E-state index is 12.2. The van der Waals surface area contributed by atoms with Crippen molar-refractivity contribution in [3.8, 4) is 5.75 Å². The molecule has 7 nitrogen and oxygen atoms in total. The third-order valence-electron chi connectivity index (χ3n) is 6.44. The standard InChI is InChI=1S/C32H46N2O5/c1-4-5-6-7-8-9-10-11-12-13-14-15-16-17-18-19-31(35)38-26-39-32(36)34(2)23-22-27-25-33-30-21-20-28(37-3)24-29(27)30/h5-6,8-9,11-12,20-21,24-25,33H,4,7,10,13-19,22-23,26H2,1-3H3/b6-5-,9-8-,12-11-. The molecule has 0 bridgehead atoms. The van der Waals surface area contributed by atoms with Crippen LogP contribution in [0.4, 0.5) is 4.79 Å². The minimum absolute atomic E-state index is 0.334. The number of likely N-dealkylation sites (N-methyl/N-ethyl adjacent to an activating group) is 1. The smallest absolute Gasteiger partial charge is 0.412 e. The lowest BCUT2D eigenvalue weighted by Gasteiger charge is -2.16. The molecule has 0 saturated heterocycles. The molecule has 2 rings (SSSR count). The molecule has 1 heterocycles. The van der Waals surface area contributed by atoms with Gasteiger partial charge in [-0.05, 0) is 68.7 Å². The lowest BCUT2D eigenvalue weighted by Crippen LogP contribution is -2.30. The number of methoxy groups -OCH3 is 1. The highest BCUT2D eigenvalue weighted by Crippen LogP contribution is 2.24. The van der Waals surface area contributed by atoms with Crippen LogP contribution >= 0.6 is 0 Å². The van der Waals surface area contributed by atoms with E-state index in [1.165, 1.54) is 11.3 Å². The molecular weight excluding hydrogens is 492 g/mol. The number of fused-ring (bicyclic) bond motifs is 1. The Morgan fingerprint density at radius 3 is 2.41 bits per heavy atom. The van der Waals surface area contributed by atoms with Crippen molar-refractivity contribution in [1.82, 2.24) is 9.88 Å². The Balaban J connectivity index is 1.47. The molecule has 0 aliphatic carbocycles. The first-order chi connectivity index (χ1) is 19.0. The summed E-state index contributed by atoms with van der Waals surface area (Å²) in [5, 5.41) is 1.07. The number of aromatic nitrogens is 1. The van der Waals surface area contributed by atoms with E-state index in [9.17, 15) is 9.59 Å².